The number of amides is 2. The van der Waals surface area contributed by atoms with Crippen LogP contribution in [-0.2, 0) is 14.3 Å². The average Bonchev–Trinajstić information content (AvgIpc) is 3.15. The van der Waals surface area contributed by atoms with Gasteiger partial charge < -0.3 is 20.5 Å². The molecule has 0 aliphatic heterocycles. The highest BCUT2D eigenvalue weighted by Crippen LogP contribution is 2.44. The molecule has 7 heteroatoms. The molecule has 0 aromatic heterocycles. The SMILES string of the molecule is CCC(C)(NC(=O)CCC(C)CCNC(=O)OCC1c2ccccc2-c2ccccc21)C(=O)O. The number of carboxylic acid groups (broad SMARTS) is 1. The molecular weight excluding hydrogens is 432 g/mol. The predicted octanol–water partition coefficient (Wildman–Crippen LogP) is 4.70. The molecule has 1 aliphatic carbocycles. The summed E-state index contributed by atoms with van der Waals surface area (Å²) in [4.78, 5) is 35.7. The highest BCUT2D eigenvalue weighted by molar-refractivity contribution is 5.86. The van der Waals surface area contributed by atoms with Crippen LogP contribution >= 0.6 is 0 Å². The minimum Gasteiger partial charge on any atom is -0.480 e. The Kier molecular flexibility index (Phi) is 8.31. The van der Waals surface area contributed by atoms with E-state index in [9.17, 15) is 19.5 Å². The van der Waals surface area contributed by atoms with E-state index in [1.807, 2.05) is 31.2 Å². The molecule has 182 valence electrons. The van der Waals surface area contributed by atoms with Crippen molar-refractivity contribution in [1.82, 2.24) is 10.6 Å². The lowest BCUT2D eigenvalue weighted by atomic mass is 9.97. The van der Waals surface area contributed by atoms with Gasteiger partial charge in [-0.05, 0) is 54.4 Å². The first kappa shape index (κ1) is 25.3. The summed E-state index contributed by atoms with van der Waals surface area (Å²) in [6.45, 7) is 5.96. The van der Waals surface area contributed by atoms with E-state index < -0.39 is 17.6 Å². The van der Waals surface area contributed by atoms with Gasteiger partial charge in [0.15, 0.2) is 0 Å². The van der Waals surface area contributed by atoms with Gasteiger partial charge in [-0.3, -0.25) is 4.79 Å². The largest absolute Gasteiger partial charge is 0.480 e. The Labute approximate surface area is 200 Å². The number of nitrogens with one attached hydrogen (secondary N) is 2. The summed E-state index contributed by atoms with van der Waals surface area (Å²) in [6, 6.07) is 16.4. The molecule has 2 atom stereocenters. The van der Waals surface area contributed by atoms with Gasteiger partial charge in [-0.1, -0.05) is 62.4 Å². The lowest BCUT2D eigenvalue weighted by Crippen LogP contribution is -2.51. The van der Waals surface area contributed by atoms with E-state index in [-0.39, 0.29) is 30.8 Å². The molecule has 2 aromatic carbocycles. The minimum atomic E-state index is -1.24. The molecule has 34 heavy (non-hydrogen) atoms. The Morgan fingerprint density at radius 2 is 1.62 bits per heavy atom. The van der Waals surface area contributed by atoms with Gasteiger partial charge in [0.2, 0.25) is 5.91 Å². The van der Waals surface area contributed by atoms with Gasteiger partial charge in [-0.15, -0.1) is 0 Å². The van der Waals surface area contributed by atoms with E-state index in [4.69, 9.17) is 4.74 Å². The smallest absolute Gasteiger partial charge is 0.407 e. The normalized spacial score (nSPS) is 14.9. The molecule has 0 bridgehead atoms. The summed E-state index contributed by atoms with van der Waals surface area (Å²) in [5.41, 5.74) is 3.47. The standard InChI is InChI=1S/C27H34N2O5/c1-4-27(3,25(31)32)29-24(30)14-13-18(2)15-16-28-26(33)34-17-23-21-11-7-5-9-19(21)20-10-6-8-12-22(20)23/h5-12,18,23H,4,13-17H2,1-3H3,(H,28,33)(H,29,30)(H,31,32). The van der Waals surface area contributed by atoms with Crippen LogP contribution in [0.3, 0.4) is 0 Å². The molecule has 0 fully saturated rings. The van der Waals surface area contributed by atoms with Gasteiger partial charge in [-0.2, -0.15) is 0 Å². The van der Waals surface area contributed by atoms with Crippen LogP contribution in [0.25, 0.3) is 11.1 Å². The molecule has 0 saturated heterocycles. The van der Waals surface area contributed by atoms with Crippen LogP contribution in [0.4, 0.5) is 4.79 Å². The number of hydrogen-bond donors (Lipinski definition) is 3. The Hall–Kier alpha value is -3.35. The monoisotopic (exact) mass is 466 g/mol. The third-order valence-electron chi connectivity index (χ3n) is 6.71. The molecule has 0 saturated carbocycles. The summed E-state index contributed by atoms with van der Waals surface area (Å²) in [5, 5.41) is 14.7. The van der Waals surface area contributed by atoms with Crippen LogP contribution in [0.2, 0.25) is 0 Å². The van der Waals surface area contributed by atoms with Crippen LogP contribution in [-0.4, -0.2) is 41.8 Å². The number of carbonyl (C=O) groups excluding carboxylic acids is 2. The van der Waals surface area contributed by atoms with E-state index in [0.29, 0.717) is 25.8 Å². The number of fused-ring (bicyclic) bond motifs is 3. The quantitative estimate of drug-likeness (QED) is 0.445. The Morgan fingerprint density at radius 3 is 2.18 bits per heavy atom. The van der Waals surface area contributed by atoms with Crippen molar-refractivity contribution in [3.63, 3.8) is 0 Å². The van der Waals surface area contributed by atoms with Gasteiger partial charge in [0.1, 0.15) is 12.1 Å². The molecule has 3 rings (SSSR count). The van der Waals surface area contributed by atoms with E-state index in [0.717, 1.165) is 0 Å². The van der Waals surface area contributed by atoms with E-state index >= 15 is 0 Å². The number of benzene rings is 2. The maximum Gasteiger partial charge on any atom is 0.407 e. The summed E-state index contributed by atoms with van der Waals surface area (Å²) in [6.07, 6.45) is 1.41. The average molecular weight is 467 g/mol. The maximum atomic E-state index is 12.3. The summed E-state index contributed by atoms with van der Waals surface area (Å²) in [7, 11) is 0. The van der Waals surface area contributed by atoms with Crippen molar-refractivity contribution in [2.75, 3.05) is 13.2 Å². The molecular formula is C27H34N2O5. The van der Waals surface area contributed by atoms with Crippen LogP contribution in [0.1, 0.15) is 63.5 Å². The van der Waals surface area contributed by atoms with Crippen molar-refractivity contribution in [2.45, 2.75) is 57.9 Å². The Balaban J connectivity index is 1.39. The first-order chi connectivity index (χ1) is 16.2. The van der Waals surface area contributed by atoms with Crippen molar-refractivity contribution in [3.05, 3.63) is 59.7 Å². The van der Waals surface area contributed by atoms with E-state index in [2.05, 4.69) is 34.9 Å². The van der Waals surface area contributed by atoms with Crippen LogP contribution < -0.4 is 10.6 Å². The zero-order chi connectivity index (χ0) is 24.7. The lowest BCUT2D eigenvalue weighted by molar-refractivity contribution is -0.147. The number of aliphatic carboxylic acids is 1. The van der Waals surface area contributed by atoms with Crippen molar-refractivity contribution in [3.8, 4) is 11.1 Å². The topological polar surface area (TPSA) is 105 Å². The van der Waals surface area contributed by atoms with Gasteiger partial charge in [0.25, 0.3) is 0 Å². The molecule has 3 N–H and O–H groups in total. The summed E-state index contributed by atoms with van der Waals surface area (Å²) in [5.74, 6) is -1.10. The first-order valence-electron chi connectivity index (χ1n) is 11.9. The molecule has 7 nitrogen and oxygen atoms in total. The van der Waals surface area contributed by atoms with Gasteiger partial charge >= 0.3 is 12.1 Å². The maximum absolute atomic E-state index is 12.3. The minimum absolute atomic E-state index is 0.0233. The Morgan fingerprint density at radius 1 is 1.03 bits per heavy atom. The number of carbonyl (C=O) groups is 3. The molecule has 0 spiro atoms. The highest BCUT2D eigenvalue weighted by Gasteiger charge is 2.32. The van der Waals surface area contributed by atoms with Crippen LogP contribution in [0.15, 0.2) is 48.5 Å². The predicted molar refractivity (Wildman–Crippen MR) is 131 cm³/mol. The lowest BCUT2D eigenvalue weighted by Gasteiger charge is -2.24. The fourth-order valence-electron chi connectivity index (χ4n) is 4.26. The van der Waals surface area contributed by atoms with Crippen molar-refractivity contribution >= 4 is 18.0 Å². The molecule has 0 radical (unpaired) electrons. The summed E-state index contributed by atoms with van der Waals surface area (Å²) < 4.78 is 5.54. The van der Waals surface area contributed by atoms with Crippen LogP contribution in [0.5, 0.6) is 0 Å². The number of alkyl carbamates (subject to hydrolysis) is 1. The first-order valence-corrected chi connectivity index (χ1v) is 11.9. The summed E-state index contributed by atoms with van der Waals surface area (Å²) >= 11 is 0. The fraction of sp³-hybridized carbons (Fsp3) is 0.444. The zero-order valence-corrected chi connectivity index (χ0v) is 20.1. The van der Waals surface area contributed by atoms with Gasteiger partial charge in [0, 0.05) is 18.9 Å². The third kappa shape index (κ3) is 5.95. The number of ether oxygens (including phenoxy) is 1. The molecule has 2 unspecified atom stereocenters. The zero-order valence-electron chi connectivity index (χ0n) is 20.1. The third-order valence-corrected chi connectivity index (χ3v) is 6.71. The molecule has 2 aromatic rings. The second-order valence-corrected chi connectivity index (χ2v) is 9.22. The molecule has 1 aliphatic rings. The van der Waals surface area contributed by atoms with Gasteiger partial charge in [0.05, 0.1) is 0 Å². The highest BCUT2D eigenvalue weighted by atomic mass is 16.5. The van der Waals surface area contributed by atoms with Gasteiger partial charge in [-0.25, -0.2) is 9.59 Å². The number of rotatable bonds is 11. The number of hydrogen-bond acceptors (Lipinski definition) is 4. The van der Waals surface area contributed by atoms with E-state index in [1.54, 1.807) is 6.92 Å². The van der Waals surface area contributed by atoms with Crippen LogP contribution in [0, 0.1) is 5.92 Å². The van der Waals surface area contributed by atoms with Crippen molar-refractivity contribution < 1.29 is 24.2 Å². The second kappa shape index (κ2) is 11.2. The Bertz CT molecular complexity index is 992. The van der Waals surface area contributed by atoms with E-state index in [1.165, 1.54) is 29.2 Å². The molecule has 2 amide bonds. The second-order valence-electron chi connectivity index (χ2n) is 9.22. The van der Waals surface area contributed by atoms with Crippen molar-refractivity contribution in [1.29, 1.82) is 0 Å². The molecule has 0 heterocycles. The fourth-order valence-corrected chi connectivity index (χ4v) is 4.26. The number of carboxylic acids is 1. The van der Waals surface area contributed by atoms with Crippen molar-refractivity contribution in [2.24, 2.45) is 5.92 Å².